The Morgan fingerprint density at radius 1 is 1.19 bits per heavy atom. The van der Waals surface area contributed by atoms with E-state index in [9.17, 15) is 8.42 Å². The van der Waals surface area contributed by atoms with Gasteiger partial charge in [0.05, 0.1) is 30.3 Å². The molecule has 0 radical (unpaired) electrons. The monoisotopic (exact) mass is 396 g/mol. The van der Waals surface area contributed by atoms with Crippen molar-refractivity contribution < 1.29 is 13.2 Å². The van der Waals surface area contributed by atoms with Crippen molar-refractivity contribution in [3.05, 3.63) is 46.2 Å². The molecule has 2 heterocycles. The fourth-order valence-corrected chi connectivity index (χ4v) is 3.88. The molecule has 1 saturated heterocycles. The van der Waals surface area contributed by atoms with E-state index in [2.05, 4.69) is 14.7 Å². The summed E-state index contributed by atoms with van der Waals surface area (Å²) in [6.07, 6.45) is 0. The van der Waals surface area contributed by atoms with Gasteiger partial charge < -0.3 is 9.64 Å². The molecule has 3 rings (SSSR count). The van der Waals surface area contributed by atoms with Crippen LogP contribution in [0.2, 0.25) is 5.02 Å². The second kappa shape index (κ2) is 7.87. The van der Waals surface area contributed by atoms with Crippen molar-refractivity contribution in [2.45, 2.75) is 25.3 Å². The number of aryl methyl sites for hydroxylation is 2. The molecule has 0 aliphatic carbocycles. The standard InChI is InChI=1S/C17H21ClN4O3S/c1-12-3-4-15(10-16(12)18)26(23,24)19-11-14-9-13(2)20-17(21-14)22-5-7-25-8-6-22/h3-4,9-10,19H,5-8,11H2,1-2H3. The molecule has 0 spiro atoms. The number of hydrogen-bond donors (Lipinski definition) is 1. The zero-order valence-corrected chi connectivity index (χ0v) is 16.3. The highest BCUT2D eigenvalue weighted by atomic mass is 35.5. The highest BCUT2D eigenvalue weighted by molar-refractivity contribution is 7.89. The van der Waals surface area contributed by atoms with E-state index in [-0.39, 0.29) is 11.4 Å². The Kier molecular flexibility index (Phi) is 5.76. The lowest BCUT2D eigenvalue weighted by atomic mass is 10.2. The number of ether oxygens (including phenoxy) is 1. The Balaban J connectivity index is 1.76. The summed E-state index contributed by atoms with van der Waals surface area (Å²) in [6, 6.07) is 6.44. The molecule has 1 aliphatic heterocycles. The van der Waals surface area contributed by atoms with Gasteiger partial charge in [-0.25, -0.2) is 23.1 Å². The number of benzene rings is 1. The van der Waals surface area contributed by atoms with Crippen molar-refractivity contribution in [2.75, 3.05) is 31.2 Å². The van der Waals surface area contributed by atoms with Crippen molar-refractivity contribution >= 4 is 27.6 Å². The molecule has 7 nitrogen and oxygen atoms in total. The van der Waals surface area contributed by atoms with Gasteiger partial charge in [0.25, 0.3) is 0 Å². The van der Waals surface area contributed by atoms with Gasteiger partial charge in [-0.1, -0.05) is 17.7 Å². The van der Waals surface area contributed by atoms with Crippen LogP contribution in [0.25, 0.3) is 0 Å². The fraction of sp³-hybridized carbons (Fsp3) is 0.412. The van der Waals surface area contributed by atoms with E-state index in [4.69, 9.17) is 16.3 Å². The Bertz CT molecular complexity index is 899. The number of nitrogens with one attached hydrogen (secondary N) is 1. The molecule has 1 N–H and O–H groups in total. The van der Waals surface area contributed by atoms with Crippen LogP contribution in [0.4, 0.5) is 5.95 Å². The maximum Gasteiger partial charge on any atom is 0.240 e. The lowest BCUT2D eigenvalue weighted by molar-refractivity contribution is 0.122. The summed E-state index contributed by atoms with van der Waals surface area (Å²) in [5.41, 5.74) is 2.22. The average Bonchev–Trinajstić information content (AvgIpc) is 2.62. The van der Waals surface area contributed by atoms with Gasteiger partial charge in [-0.2, -0.15) is 0 Å². The largest absolute Gasteiger partial charge is 0.378 e. The molecule has 1 aliphatic rings. The van der Waals surface area contributed by atoms with E-state index in [0.29, 0.717) is 29.9 Å². The SMILES string of the molecule is Cc1cc(CNS(=O)(=O)c2ccc(C)c(Cl)c2)nc(N2CCOCC2)n1. The van der Waals surface area contributed by atoms with Crippen LogP contribution < -0.4 is 9.62 Å². The molecule has 1 aromatic heterocycles. The molecule has 2 aromatic rings. The third-order valence-electron chi connectivity index (χ3n) is 4.09. The summed E-state index contributed by atoms with van der Waals surface area (Å²) in [5.74, 6) is 0.598. The van der Waals surface area contributed by atoms with E-state index in [1.165, 1.54) is 12.1 Å². The van der Waals surface area contributed by atoms with Gasteiger partial charge in [-0.15, -0.1) is 0 Å². The maximum atomic E-state index is 12.5. The van der Waals surface area contributed by atoms with Crippen LogP contribution in [0.1, 0.15) is 17.0 Å². The smallest absolute Gasteiger partial charge is 0.240 e. The lowest BCUT2D eigenvalue weighted by Gasteiger charge is -2.27. The topological polar surface area (TPSA) is 84.4 Å². The highest BCUT2D eigenvalue weighted by Crippen LogP contribution is 2.20. The van der Waals surface area contributed by atoms with Gasteiger partial charge in [0.15, 0.2) is 0 Å². The third-order valence-corrected chi connectivity index (χ3v) is 5.89. The van der Waals surface area contributed by atoms with Gasteiger partial charge >= 0.3 is 0 Å². The Morgan fingerprint density at radius 2 is 1.92 bits per heavy atom. The summed E-state index contributed by atoms with van der Waals surface area (Å²) in [4.78, 5) is 11.1. The number of rotatable bonds is 5. The van der Waals surface area contributed by atoms with E-state index < -0.39 is 10.0 Å². The van der Waals surface area contributed by atoms with E-state index in [1.807, 2.05) is 18.7 Å². The number of nitrogens with zero attached hydrogens (tertiary/aromatic N) is 3. The Hall–Kier alpha value is -1.74. The molecule has 26 heavy (non-hydrogen) atoms. The summed E-state index contributed by atoms with van der Waals surface area (Å²) in [5, 5.41) is 0.417. The molecular weight excluding hydrogens is 376 g/mol. The minimum absolute atomic E-state index is 0.0779. The maximum absolute atomic E-state index is 12.5. The minimum Gasteiger partial charge on any atom is -0.378 e. The van der Waals surface area contributed by atoms with Gasteiger partial charge in [-0.3, -0.25) is 0 Å². The summed E-state index contributed by atoms with van der Waals surface area (Å²) in [7, 11) is -3.68. The van der Waals surface area contributed by atoms with Crippen LogP contribution in [0.3, 0.4) is 0 Å². The van der Waals surface area contributed by atoms with Gasteiger partial charge in [0.1, 0.15) is 0 Å². The van der Waals surface area contributed by atoms with Crippen LogP contribution in [0.15, 0.2) is 29.2 Å². The third kappa shape index (κ3) is 4.50. The van der Waals surface area contributed by atoms with Crippen molar-refractivity contribution in [1.82, 2.24) is 14.7 Å². The van der Waals surface area contributed by atoms with Gasteiger partial charge in [0.2, 0.25) is 16.0 Å². The lowest BCUT2D eigenvalue weighted by Crippen LogP contribution is -2.37. The van der Waals surface area contributed by atoms with Gasteiger partial charge in [0, 0.05) is 23.8 Å². The number of morpholine rings is 1. The predicted octanol–water partition coefficient (Wildman–Crippen LogP) is 2.06. The number of sulfonamides is 1. The second-order valence-electron chi connectivity index (χ2n) is 6.14. The molecule has 1 fully saturated rings. The molecule has 140 valence electrons. The molecule has 1 aromatic carbocycles. The minimum atomic E-state index is -3.68. The zero-order valence-electron chi connectivity index (χ0n) is 14.7. The summed E-state index contributed by atoms with van der Waals surface area (Å²) in [6.45, 7) is 6.47. The molecular formula is C17H21ClN4O3S. The first-order valence-electron chi connectivity index (χ1n) is 8.28. The van der Waals surface area contributed by atoms with Crippen molar-refractivity contribution in [3.8, 4) is 0 Å². The second-order valence-corrected chi connectivity index (χ2v) is 8.31. The number of aromatic nitrogens is 2. The van der Waals surface area contributed by atoms with Crippen molar-refractivity contribution in [1.29, 1.82) is 0 Å². The van der Waals surface area contributed by atoms with Crippen LogP contribution in [-0.2, 0) is 21.3 Å². The summed E-state index contributed by atoms with van der Waals surface area (Å²) >= 11 is 6.04. The van der Waals surface area contributed by atoms with Gasteiger partial charge in [-0.05, 0) is 37.6 Å². The molecule has 9 heteroatoms. The fourth-order valence-electron chi connectivity index (χ4n) is 2.61. The Labute approximate surface area is 158 Å². The summed E-state index contributed by atoms with van der Waals surface area (Å²) < 4.78 is 32.9. The van der Waals surface area contributed by atoms with Crippen LogP contribution in [0, 0.1) is 13.8 Å². The first kappa shape index (κ1) is 19.0. The van der Waals surface area contributed by atoms with E-state index in [1.54, 1.807) is 12.1 Å². The molecule has 0 bridgehead atoms. The Morgan fingerprint density at radius 3 is 2.62 bits per heavy atom. The number of halogens is 1. The number of anilines is 1. The molecule has 0 saturated carbocycles. The van der Waals surface area contributed by atoms with Crippen LogP contribution in [0.5, 0.6) is 0 Å². The molecule has 0 amide bonds. The average molecular weight is 397 g/mol. The highest BCUT2D eigenvalue weighted by Gasteiger charge is 2.18. The van der Waals surface area contributed by atoms with E-state index >= 15 is 0 Å². The zero-order chi connectivity index (χ0) is 18.7. The van der Waals surface area contributed by atoms with Crippen molar-refractivity contribution in [3.63, 3.8) is 0 Å². The van der Waals surface area contributed by atoms with E-state index in [0.717, 1.165) is 24.3 Å². The molecule has 0 unspecified atom stereocenters. The number of hydrogen-bond acceptors (Lipinski definition) is 6. The first-order valence-corrected chi connectivity index (χ1v) is 10.1. The first-order chi connectivity index (χ1) is 12.3. The predicted molar refractivity (Wildman–Crippen MR) is 100 cm³/mol. The van der Waals surface area contributed by atoms with Crippen LogP contribution >= 0.6 is 11.6 Å². The normalized spacial score (nSPS) is 15.3. The molecule has 0 atom stereocenters. The van der Waals surface area contributed by atoms with Crippen LogP contribution in [-0.4, -0.2) is 44.7 Å². The quantitative estimate of drug-likeness (QED) is 0.832. The van der Waals surface area contributed by atoms with Crippen molar-refractivity contribution in [2.24, 2.45) is 0 Å².